The first-order valence-electron chi connectivity index (χ1n) is 9.74. The van der Waals surface area contributed by atoms with Gasteiger partial charge < -0.3 is 9.47 Å². The summed E-state index contributed by atoms with van der Waals surface area (Å²) in [4.78, 5) is 12.3. The molecule has 1 aromatic carbocycles. The zero-order valence-electron chi connectivity index (χ0n) is 15.9. The number of fused-ring (bicyclic) bond motifs is 5. The van der Waals surface area contributed by atoms with Crippen LogP contribution >= 0.6 is 0 Å². The fraction of sp³-hybridized carbons (Fsp3) is 0.682. The molecule has 3 nitrogen and oxygen atoms in total. The Balaban J connectivity index is 1.69. The molecule has 0 radical (unpaired) electrons. The minimum atomic E-state index is 0.0112. The molecule has 0 unspecified atom stereocenters. The molecule has 0 amide bonds. The summed E-state index contributed by atoms with van der Waals surface area (Å²) in [6, 6.07) is 6.65. The molecule has 0 spiro atoms. The molecule has 2 saturated carbocycles. The molecule has 0 heterocycles. The Labute approximate surface area is 151 Å². The number of carbonyl (C=O) groups is 1. The second-order valence-corrected chi connectivity index (χ2v) is 8.73. The molecule has 2 fully saturated rings. The third kappa shape index (κ3) is 2.42. The molecule has 4 rings (SSSR count). The summed E-state index contributed by atoms with van der Waals surface area (Å²) >= 11 is 0. The van der Waals surface area contributed by atoms with E-state index in [1.807, 2.05) is 0 Å². The smallest absolute Gasteiger partial charge is 0.309 e. The van der Waals surface area contributed by atoms with Crippen molar-refractivity contribution in [2.24, 2.45) is 29.1 Å². The summed E-state index contributed by atoms with van der Waals surface area (Å²) in [5.74, 6) is 3.70. The van der Waals surface area contributed by atoms with Gasteiger partial charge in [0, 0.05) is 0 Å². The van der Waals surface area contributed by atoms with Crippen molar-refractivity contribution in [3.05, 3.63) is 29.3 Å². The summed E-state index contributed by atoms with van der Waals surface area (Å²) in [7, 11) is 3.28. The van der Waals surface area contributed by atoms with Crippen LogP contribution in [-0.4, -0.2) is 20.2 Å². The topological polar surface area (TPSA) is 35.5 Å². The van der Waals surface area contributed by atoms with Gasteiger partial charge in [0.2, 0.25) is 0 Å². The molecule has 0 aromatic heterocycles. The number of esters is 1. The van der Waals surface area contributed by atoms with E-state index in [0.29, 0.717) is 23.7 Å². The number of ether oxygens (including phenoxy) is 2. The highest BCUT2D eigenvalue weighted by Gasteiger charge is 2.58. The van der Waals surface area contributed by atoms with Crippen LogP contribution in [0.5, 0.6) is 5.75 Å². The van der Waals surface area contributed by atoms with Crippen molar-refractivity contribution in [1.82, 2.24) is 0 Å². The molecule has 3 aliphatic rings. The van der Waals surface area contributed by atoms with Crippen LogP contribution in [0.1, 0.15) is 56.6 Å². The highest BCUT2D eigenvalue weighted by Crippen LogP contribution is 2.64. The zero-order valence-corrected chi connectivity index (χ0v) is 15.9. The molecule has 25 heavy (non-hydrogen) atoms. The number of carbonyl (C=O) groups excluding carboxylic acids is 1. The van der Waals surface area contributed by atoms with Gasteiger partial charge >= 0.3 is 5.97 Å². The maximum Gasteiger partial charge on any atom is 0.309 e. The molecule has 0 aliphatic heterocycles. The number of methoxy groups -OCH3 is 2. The largest absolute Gasteiger partial charge is 0.497 e. The molecule has 3 aliphatic carbocycles. The van der Waals surface area contributed by atoms with E-state index in [1.165, 1.54) is 31.1 Å². The van der Waals surface area contributed by atoms with E-state index < -0.39 is 0 Å². The van der Waals surface area contributed by atoms with Crippen LogP contribution in [0.4, 0.5) is 0 Å². The van der Waals surface area contributed by atoms with Gasteiger partial charge in [-0.05, 0) is 84.5 Å². The van der Waals surface area contributed by atoms with Crippen molar-refractivity contribution in [1.29, 1.82) is 0 Å². The van der Waals surface area contributed by atoms with Crippen LogP contribution in [0.2, 0.25) is 0 Å². The Hall–Kier alpha value is -1.51. The van der Waals surface area contributed by atoms with E-state index in [2.05, 4.69) is 32.0 Å². The van der Waals surface area contributed by atoms with Crippen molar-refractivity contribution in [3.63, 3.8) is 0 Å². The highest BCUT2D eigenvalue weighted by atomic mass is 16.5. The minimum Gasteiger partial charge on any atom is -0.497 e. The third-order valence-corrected chi connectivity index (χ3v) is 7.77. The van der Waals surface area contributed by atoms with Crippen molar-refractivity contribution >= 4 is 5.97 Å². The predicted octanol–water partition coefficient (Wildman–Crippen LogP) is 4.59. The number of benzene rings is 1. The summed E-state index contributed by atoms with van der Waals surface area (Å²) in [5, 5.41) is 0. The van der Waals surface area contributed by atoms with Crippen LogP contribution in [0.25, 0.3) is 0 Å². The maximum absolute atomic E-state index is 12.3. The van der Waals surface area contributed by atoms with Gasteiger partial charge in [-0.1, -0.05) is 19.9 Å². The van der Waals surface area contributed by atoms with Crippen molar-refractivity contribution < 1.29 is 14.3 Å². The normalized spacial score (nSPS) is 39.1. The average Bonchev–Trinajstić information content (AvgIpc) is 2.97. The van der Waals surface area contributed by atoms with Crippen LogP contribution in [0.15, 0.2) is 18.2 Å². The lowest BCUT2D eigenvalue weighted by Crippen LogP contribution is -2.46. The molecule has 6 atom stereocenters. The van der Waals surface area contributed by atoms with Crippen LogP contribution in [0.3, 0.4) is 0 Å². The van der Waals surface area contributed by atoms with Gasteiger partial charge in [0.05, 0.1) is 20.1 Å². The summed E-state index contributed by atoms with van der Waals surface area (Å²) < 4.78 is 10.6. The van der Waals surface area contributed by atoms with Crippen LogP contribution in [-0.2, 0) is 16.0 Å². The highest BCUT2D eigenvalue weighted by molar-refractivity contribution is 5.74. The summed E-state index contributed by atoms with van der Waals surface area (Å²) in [6.45, 7) is 4.77. The lowest BCUT2D eigenvalue weighted by Gasteiger charge is -2.52. The van der Waals surface area contributed by atoms with Gasteiger partial charge in [-0.3, -0.25) is 4.79 Å². The average molecular weight is 342 g/mol. The standard InChI is InChI=1S/C22H30O3/c1-13-11-14-12-15(24-3)5-6-16(14)17-9-10-22(2)18(20(13)17)7-8-19(22)21(23)25-4/h5-6,12-13,17-20H,7-11H2,1-4H3/t13-,17-,18-,19+,20-,22+/m1/s1. The molecule has 0 N–H and O–H groups in total. The number of hydrogen-bond acceptors (Lipinski definition) is 3. The summed E-state index contributed by atoms with van der Waals surface area (Å²) in [6.07, 6.45) is 5.63. The lowest BCUT2D eigenvalue weighted by molar-refractivity contribution is -0.151. The van der Waals surface area contributed by atoms with Crippen molar-refractivity contribution in [2.45, 2.75) is 51.9 Å². The van der Waals surface area contributed by atoms with Gasteiger partial charge in [0.1, 0.15) is 5.75 Å². The van der Waals surface area contributed by atoms with E-state index >= 15 is 0 Å². The van der Waals surface area contributed by atoms with Gasteiger partial charge in [-0.15, -0.1) is 0 Å². The molecular formula is C22H30O3. The van der Waals surface area contributed by atoms with E-state index in [1.54, 1.807) is 7.11 Å². The Kier molecular flexibility index (Phi) is 4.09. The first-order valence-corrected chi connectivity index (χ1v) is 9.74. The van der Waals surface area contributed by atoms with E-state index in [4.69, 9.17) is 9.47 Å². The van der Waals surface area contributed by atoms with Gasteiger partial charge in [-0.25, -0.2) is 0 Å². The molecule has 136 valence electrons. The van der Waals surface area contributed by atoms with Crippen molar-refractivity contribution in [2.75, 3.05) is 14.2 Å². The molecule has 0 saturated heterocycles. The summed E-state index contributed by atoms with van der Waals surface area (Å²) in [5.41, 5.74) is 3.12. The number of hydrogen-bond donors (Lipinski definition) is 0. The number of rotatable bonds is 2. The minimum absolute atomic E-state index is 0.0112. The van der Waals surface area contributed by atoms with E-state index in [-0.39, 0.29) is 17.3 Å². The molecule has 3 heteroatoms. The van der Waals surface area contributed by atoms with Crippen molar-refractivity contribution in [3.8, 4) is 5.75 Å². The Bertz CT molecular complexity index is 682. The predicted molar refractivity (Wildman–Crippen MR) is 97.7 cm³/mol. The monoisotopic (exact) mass is 342 g/mol. The van der Waals surface area contributed by atoms with Gasteiger partial charge in [0.25, 0.3) is 0 Å². The molecule has 0 bridgehead atoms. The lowest BCUT2D eigenvalue weighted by atomic mass is 9.52. The fourth-order valence-corrected chi connectivity index (χ4v) is 6.61. The second kappa shape index (κ2) is 6.03. The van der Waals surface area contributed by atoms with Gasteiger partial charge in [-0.2, -0.15) is 0 Å². The Morgan fingerprint density at radius 3 is 2.72 bits per heavy atom. The molecule has 1 aromatic rings. The second-order valence-electron chi connectivity index (χ2n) is 8.73. The fourth-order valence-electron chi connectivity index (χ4n) is 6.61. The van der Waals surface area contributed by atoms with E-state index in [9.17, 15) is 4.79 Å². The SMILES string of the molecule is COC(=O)[C@@H]1CC[C@@H]2[C@@H]3[C@H](C)Cc4cc(OC)ccc4[C@H]3CC[C@@]21C. The first-order chi connectivity index (χ1) is 12.0. The third-order valence-electron chi connectivity index (χ3n) is 7.77. The van der Waals surface area contributed by atoms with Crippen LogP contribution in [0, 0.1) is 29.1 Å². The Morgan fingerprint density at radius 2 is 2.00 bits per heavy atom. The van der Waals surface area contributed by atoms with Gasteiger partial charge in [0.15, 0.2) is 0 Å². The van der Waals surface area contributed by atoms with E-state index in [0.717, 1.165) is 25.0 Å². The maximum atomic E-state index is 12.3. The van der Waals surface area contributed by atoms with Crippen LogP contribution < -0.4 is 4.74 Å². The first kappa shape index (κ1) is 16.9. The quantitative estimate of drug-likeness (QED) is 0.738. The Morgan fingerprint density at radius 1 is 1.20 bits per heavy atom. The molecular weight excluding hydrogens is 312 g/mol. The zero-order chi connectivity index (χ0) is 17.8.